The zero-order valence-corrected chi connectivity index (χ0v) is 11.1. The van der Waals surface area contributed by atoms with Gasteiger partial charge in [0.2, 0.25) is 5.91 Å². The van der Waals surface area contributed by atoms with E-state index in [4.69, 9.17) is 0 Å². The highest BCUT2D eigenvalue weighted by Gasteiger charge is 2.23. The lowest BCUT2D eigenvalue weighted by Crippen LogP contribution is -2.40. The van der Waals surface area contributed by atoms with Crippen LogP contribution in [-0.2, 0) is 4.79 Å². The molecule has 0 aromatic rings. The number of hydrogen-bond acceptors (Lipinski definition) is 2. The third kappa shape index (κ3) is 6.11. The number of amides is 1. The average molecular weight is 226 g/mol. The lowest BCUT2D eigenvalue weighted by atomic mass is 9.84. The van der Waals surface area contributed by atoms with E-state index in [1.165, 1.54) is 12.8 Å². The van der Waals surface area contributed by atoms with Crippen LogP contribution in [-0.4, -0.2) is 25.0 Å². The third-order valence-electron chi connectivity index (χ3n) is 2.85. The van der Waals surface area contributed by atoms with Crippen LogP contribution in [0, 0.1) is 11.3 Å². The van der Waals surface area contributed by atoms with Gasteiger partial charge in [0.15, 0.2) is 0 Å². The first-order valence-corrected chi connectivity index (χ1v) is 6.39. The zero-order chi connectivity index (χ0) is 12.2. The molecule has 3 heteroatoms. The molecule has 1 amide bonds. The molecule has 1 aliphatic carbocycles. The van der Waals surface area contributed by atoms with Crippen molar-refractivity contribution in [2.75, 3.05) is 13.1 Å². The van der Waals surface area contributed by atoms with Crippen molar-refractivity contribution in [3.63, 3.8) is 0 Å². The molecular weight excluding hydrogens is 200 g/mol. The van der Waals surface area contributed by atoms with Gasteiger partial charge in [-0.3, -0.25) is 4.79 Å². The zero-order valence-electron chi connectivity index (χ0n) is 11.1. The average Bonchev–Trinajstić information content (AvgIpc) is 2.93. The Labute approximate surface area is 99.4 Å². The van der Waals surface area contributed by atoms with Gasteiger partial charge in [-0.15, -0.1) is 0 Å². The summed E-state index contributed by atoms with van der Waals surface area (Å²) in [6.07, 6.45) is 3.60. The van der Waals surface area contributed by atoms with Gasteiger partial charge in [-0.2, -0.15) is 0 Å². The van der Waals surface area contributed by atoms with Crippen LogP contribution in [0.5, 0.6) is 0 Å². The lowest BCUT2D eigenvalue weighted by Gasteiger charge is -2.27. The summed E-state index contributed by atoms with van der Waals surface area (Å²) in [5, 5.41) is 6.23. The van der Waals surface area contributed by atoms with E-state index >= 15 is 0 Å². The number of hydrogen-bond donors (Lipinski definition) is 2. The molecule has 0 spiro atoms. The fourth-order valence-electron chi connectivity index (χ4n) is 2.10. The van der Waals surface area contributed by atoms with Crippen LogP contribution in [0.15, 0.2) is 0 Å². The summed E-state index contributed by atoms with van der Waals surface area (Å²) in [6.45, 7) is 10.1. The van der Waals surface area contributed by atoms with E-state index in [-0.39, 0.29) is 11.3 Å². The van der Waals surface area contributed by atoms with Crippen molar-refractivity contribution in [1.29, 1.82) is 0 Å². The molecule has 3 nitrogen and oxygen atoms in total. The molecule has 0 atom stereocenters. The SMILES string of the molecule is CC(C)CC(C)(C)CNC(=O)CNC1CC1. The summed E-state index contributed by atoms with van der Waals surface area (Å²) in [5.41, 5.74) is 0.198. The Kier molecular flexibility index (Phi) is 4.78. The Bertz CT molecular complexity index is 232. The molecule has 0 aromatic carbocycles. The van der Waals surface area contributed by atoms with Gasteiger partial charge in [0, 0.05) is 12.6 Å². The monoisotopic (exact) mass is 226 g/mol. The minimum Gasteiger partial charge on any atom is -0.354 e. The van der Waals surface area contributed by atoms with Crippen molar-refractivity contribution < 1.29 is 4.79 Å². The highest BCUT2D eigenvalue weighted by molar-refractivity contribution is 5.78. The summed E-state index contributed by atoms with van der Waals surface area (Å²) in [5.74, 6) is 0.806. The third-order valence-corrected chi connectivity index (χ3v) is 2.85. The molecule has 0 unspecified atom stereocenters. The van der Waals surface area contributed by atoms with Gasteiger partial charge < -0.3 is 10.6 Å². The van der Waals surface area contributed by atoms with E-state index in [2.05, 4.69) is 38.3 Å². The molecule has 0 aliphatic heterocycles. The second-order valence-corrected chi connectivity index (χ2v) is 6.19. The fourth-order valence-corrected chi connectivity index (χ4v) is 2.10. The van der Waals surface area contributed by atoms with E-state index in [9.17, 15) is 4.79 Å². The van der Waals surface area contributed by atoms with E-state index in [0.29, 0.717) is 18.5 Å². The van der Waals surface area contributed by atoms with E-state index in [0.717, 1.165) is 13.0 Å². The van der Waals surface area contributed by atoms with Gasteiger partial charge in [0.1, 0.15) is 0 Å². The maximum atomic E-state index is 11.5. The molecule has 1 saturated carbocycles. The Morgan fingerprint density at radius 1 is 1.38 bits per heavy atom. The highest BCUT2D eigenvalue weighted by atomic mass is 16.1. The van der Waals surface area contributed by atoms with Crippen LogP contribution >= 0.6 is 0 Å². The van der Waals surface area contributed by atoms with Crippen molar-refractivity contribution in [2.24, 2.45) is 11.3 Å². The summed E-state index contributed by atoms with van der Waals surface area (Å²) >= 11 is 0. The smallest absolute Gasteiger partial charge is 0.233 e. The molecule has 0 aromatic heterocycles. The second kappa shape index (κ2) is 5.67. The predicted octanol–water partition coefficient (Wildman–Crippen LogP) is 1.93. The van der Waals surface area contributed by atoms with Crippen molar-refractivity contribution in [3.8, 4) is 0 Å². The van der Waals surface area contributed by atoms with Gasteiger partial charge in [0.25, 0.3) is 0 Å². The fraction of sp³-hybridized carbons (Fsp3) is 0.923. The minimum absolute atomic E-state index is 0.128. The molecule has 16 heavy (non-hydrogen) atoms. The largest absolute Gasteiger partial charge is 0.354 e. The molecule has 1 fully saturated rings. The molecule has 1 rings (SSSR count). The maximum Gasteiger partial charge on any atom is 0.233 e. The molecule has 2 N–H and O–H groups in total. The first-order valence-electron chi connectivity index (χ1n) is 6.39. The Balaban J connectivity index is 2.13. The molecule has 0 saturated heterocycles. The summed E-state index contributed by atoms with van der Waals surface area (Å²) in [7, 11) is 0. The maximum absolute atomic E-state index is 11.5. The molecule has 1 aliphatic rings. The highest BCUT2D eigenvalue weighted by Crippen LogP contribution is 2.24. The van der Waals surface area contributed by atoms with Crippen LogP contribution in [0.2, 0.25) is 0 Å². The van der Waals surface area contributed by atoms with Gasteiger partial charge >= 0.3 is 0 Å². The summed E-state index contributed by atoms with van der Waals surface area (Å²) in [4.78, 5) is 11.5. The van der Waals surface area contributed by atoms with Crippen molar-refractivity contribution in [2.45, 2.75) is 53.0 Å². The summed E-state index contributed by atoms with van der Waals surface area (Å²) in [6, 6.07) is 0.606. The van der Waals surface area contributed by atoms with Crippen LogP contribution < -0.4 is 10.6 Å². The quantitative estimate of drug-likeness (QED) is 0.696. The van der Waals surface area contributed by atoms with Crippen molar-refractivity contribution in [1.82, 2.24) is 10.6 Å². The molecular formula is C13H26N2O. The van der Waals surface area contributed by atoms with Crippen LogP contribution in [0.3, 0.4) is 0 Å². The first kappa shape index (κ1) is 13.5. The van der Waals surface area contributed by atoms with Crippen molar-refractivity contribution >= 4 is 5.91 Å². The molecule has 94 valence electrons. The predicted molar refractivity (Wildman–Crippen MR) is 67.3 cm³/mol. The van der Waals surface area contributed by atoms with Crippen LogP contribution in [0.1, 0.15) is 47.0 Å². The topological polar surface area (TPSA) is 41.1 Å². The van der Waals surface area contributed by atoms with Crippen LogP contribution in [0.25, 0.3) is 0 Å². The molecule has 0 bridgehead atoms. The van der Waals surface area contributed by atoms with Gasteiger partial charge in [-0.25, -0.2) is 0 Å². The minimum atomic E-state index is 0.128. The lowest BCUT2D eigenvalue weighted by molar-refractivity contribution is -0.120. The van der Waals surface area contributed by atoms with E-state index in [1.807, 2.05) is 0 Å². The van der Waals surface area contributed by atoms with Gasteiger partial charge in [-0.1, -0.05) is 27.7 Å². The Hall–Kier alpha value is -0.570. The Morgan fingerprint density at radius 2 is 2.00 bits per heavy atom. The molecule has 0 heterocycles. The number of rotatable bonds is 7. The molecule has 0 radical (unpaired) electrons. The standard InChI is InChI=1S/C13H26N2O/c1-10(2)7-13(3,4)9-15-12(16)8-14-11-5-6-11/h10-11,14H,5-9H2,1-4H3,(H,15,16). The number of carbonyl (C=O) groups excluding carboxylic acids is 1. The second-order valence-electron chi connectivity index (χ2n) is 6.19. The van der Waals surface area contributed by atoms with Gasteiger partial charge in [-0.05, 0) is 30.6 Å². The number of carbonyl (C=O) groups is 1. The number of nitrogens with one attached hydrogen (secondary N) is 2. The normalized spacial score (nSPS) is 16.6. The summed E-state index contributed by atoms with van der Waals surface area (Å²) < 4.78 is 0. The van der Waals surface area contributed by atoms with Crippen LogP contribution in [0.4, 0.5) is 0 Å². The Morgan fingerprint density at radius 3 is 2.50 bits per heavy atom. The van der Waals surface area contributed by atoms with E-state index < -0.39 is 0 Å². The van der Waals surface area contributed by atoms with Crippen molar-refractivity contribution in [3.05, 3.63) is 0 Å². The first-order chi connectivity index (χ1) is 7.39. The van der Waals surface area contributed by atoms with Gasteiger partial charge in [0.05, 0.1) is 6.54 Å². The van der Waals surface area contributed by atoms with E-state index in [1.54, 1.807) is 0 Å².